The molecule has 54 valence electrons. The third-order valence-corrected chi connectivity index (χ3v) is 1.51. The standard InChI is InChI=1S/C5H13N3O/c1-3-4(9)5-7-8(5)6-2/h4-7,9H,3H2,1-2H3. The van der Waals surface area contributed by atoms with Gasteiger partial charge in [-0.15, -0.1) is 0 Å². The van der Waals surface area contributed by atoms with Gasteiger partial charge in [-0.2, -0.15) is 5.12 Å². The van der Waals surface area contributed by atoms with Crippen LogP contribution in [0.15, 0.2) is 0 Å². The molecule has 3 atom stereocenters. The van der Waals surface area contributed by atoms with E-state index < -0.39 is 0 Å². The molecule has 4 heteroatoms. The van der Waals surface area contributed by atoms with Crippen LogP contribution in [0.1, 0.15) is 13.3 Å². The number of aliphatic hydroxyl groups excluding tert-OH is 1. The summed E-state index contributed by atoms with van der Waals surface area (Å²) in [6.07, 6.45) is 0.660. The van der Waals surface area contributed by atoms with Crippen LogP contribution in [0.4, 0.5) is 0 Å². The normalized spacial score (nSPS) is 36.3. The molecule has 4 nitrogen and oxygen atoms in total. The van der Waals surface area contributed by atoms with Crippen molar-refractivity contribution in [3.63, 3.8) is 0 Å². The van der Waals surface area contributed by atoms with E-state index in [0.717, 1.165) is 6.42 Å². The van der Waals surface area contributed by atoms with Crippen LogP contribution in [-0.2, 0) is 0 Å². The second-order valence-electron chi connectivity index (χ2n) is 2.14. The van der Waals surface area contributed by atoms with Gasteiger partial charge in [0.05, 0.1) is 6.10 Å². The van der Waals surface area contributed by atoms with E-state index in [-0.39, 0.29) is 12.3 Å². The molecule has 0 aromatic carbocycles. The molecule has 0 bridgehead atoms. The monoisotopic (exact) mass is 131 g/mol. The van der Waals surface area contributed by atoms with Gasteiger partial charge in [0, 0.05) is 7.05 Å². The average Bonchev–Trinajstić information content (AvgIpc) is 2.64. The maximum Gasteiger partial charge on any atom is 0.129 e. The zero-order chi connectivity index (χ0) is 6.85. The lowest BCUT2D eigenvalue weighted by Crippen LogP contribution is -2.24. The molecule has 0 aliphatic carbocycles. The summed E-state index contributed by atoms with van der Waals surface area (Å²) in [4.78, 5) is 0. The molecule has 0 aromatic rings. The summed E-state index contributed by atoms with van der Waals surface area (Å²) in [5.41, 5.74) is 5.81. The minimum Gasteiger partial charge on any atom is -0.390 e. The zero-order valence-electron chi connectivity index (χ0n) is 5.76. The van der Waals surface area contributed by atoms with Gasteiger partial charge in [-0.05, 0) is 6.42 Å². The third kappa shape index (κ3) is 1.40. The van der Waals surface area contributed by atoms with Gasteiger partial charge in [0.2, 0.25) is 0 Å². The Labute approximate surface area is 54.8 Å². The van der Waals surface area contributed by atoms with Gasteiger partial charge in [-0.25, -0.2) is 10.9 Å². The molecule has 0 saturated carbocycles. The van der Waals surface area contributed by atoms with Gasteiger partial charge in [0.15, 0.2) is 0 Å². The Bertz CT molecular complexity index is 98.2. The fourth-order valence-electron chi connectivity index (χ4n) is 0.794. The lowest BCUT2D eigenvalue weighted by molar-refractivity contribution is 0.144. The minimum atomic E-state index is -0.252. The first-order chi connectivity index (χ1) is 4.29. The summed E-state index contributed by atoms with van der Waals surface area (Å²) in [6.45, 7) is 1.96. The molecule has 0 aromatic heterocycles. The first-order valence-electron chi connectivity index (χ1n) is 3.20. The molecule has 0 spiro atoms. The topological polar surface area (TPSA) is 57.2 Å². The first-order valence-corrected chi connectivity index (χ1v) is 3.20. The highest BCUT2D eigenvalue weighted by atomic mass is 16.3. The second kappa shape index (κ2) is 2.62. The van der Waals surface area contributed by atoms with Crippen molar-refractivity contribution in [1.82, 2.24) is 16.0 Å². The average molecular weight is 131 g/mol. The molecule has 1 saturated heterocycles. The number of hydrogen-bond donors (Lipinski definition) is 3. The maximum absolute atomic E-state index is 9.16. The molecular formula is C5H13N3O. The number of hydrogen-bond acceptors (Lipinski definition) is 4. The van der Waals surface area contributed by atoms with E-state index >= 15 is 0 Å². The van der Waals surface area contributed by atoms with Crippen molar-refractivity contribution >= 4 is 0 Å². The number of nitrogens with one attached hydrogen (secondary N) is 2. The summed E-state index contributed by atoms with van der Waals surface area (Å²) in [7, 11) is 1.81. The van der Waals surface area contributed by atoms with Crippen molar-refractivity contribution in [3.8, 4) is 0 Å². The predicted molar refractivity (Wildman–Crippen MR) is 34.1 cm³/mol. The van der Waals surface area contributed by atoms with E-state index in [2.05, 4.69) is 10.9 Å². The molecule has 3 N–H and O–H groups in total. The van der Waals surface area contributed by atoms with Crippen molar-refractivity contribution < 1.29 is 5.11 Å². The molecule has 1 rings (SSSR count). The van der Waals surface area contributed by atoms with Gasteiger partial charge in [-0.3, -0.25) is 0 Å². The van der Waals surface area contributed by atoms with Crippen LogP contribution in [0.25, 0.3) is 0 Å². The van der Waals surface area contributed by atoms with E-state index in [1.807, 2.05) is 14.0 Å². The molecule has 1 heterocycles. The molecule has 3 unspecified atom stereocenters. The largest absolute Gasteiger partial charge is 0.390 e. The lowest BCUT2D eigenvalue weighted by Gasteiger charge is -2.02. The van der Waals surface area contributed by atoms with E-state index in [9.17, 15) is 0 Å². The van der Waals surface area contributed by atoms with Crippen LogP contribution in [-0.4, -0.2) is 29.5 Å². The Balaban J connectivity index is 2.17. The predicted octanol–water partition coefficient (Wildman–Crippen LogP) is -0.962. The Kier molecular flexibility index (Phi) is 2.02. The van der Waals surface area contributed by atoms with Gasteiger partial charge < -0.3 is 5.11 Å². The molecule has 9 heavy (non-hydrogen) atoms. The Morgan fingerprint density at radius 1 is 1.89 bits per heavy atom. The lowest BCUT2D eigenvalue weighted by atomic mass is 10.2. The summed E-state index contributed by atoms with van der Waals surface area (Å²) in [5, 5.41) is 10.9. The Morgan fingerprint density at radius 2 is 2.56 bits per heavy atom. The number of aliphatic hydroxyl groups is 1. The van der Waals surface area contributed by atoms with Gasteiger partial charge in [-0.1, -0.05) is 6.92 Å². The molecule has 1 aliphatic rings. The quantitative estimate of drug-likeness (QED) is 0.432. The molecule has 1 fully saturated rings. The fourth-order valence-corrected chi connectivity index (χ4v) is 0.794. The smallest absolute Gasteiger partial charge is 0.129 e. The van der Waals surface area contributed by atoms with Gasteiger partial charge in [0.25, 0.3) is 0 Å². The van der Waals surface area contributed by atoms with Crippen LogP contribution in [0.2, 0.25) is 0 Å². The van der Waals surface area contributed by atoms with Crippen LogP contribution >= 0.6 is 0 Å². The number of rotatable bonds is 3. The van der Waals surface area contributed by atoms with Crippen molar-refractivity contribution in [2.45, 2.75) is 25.6 Å². The zero-order valence-corrected chi connectivity index (χ0v) is 5.76. The van der Waals surface area contributed by atoms with Crippen LogP contribution < -0.4 is 10.9 Å². The van der Waals surface area contributed by atoms with Crippen LogP contribution in [0, 0.1) is 0 Å². The summed E-state index contributed by atoms with van der Waals surface area (Å²) in [5.74, 6) is 0. The van der Waals surface area contributed by atoms with E-state index in [4.69, 9.17) is 5.11 Å². The minimum absolute atomic E-state index is 0.125. The first kappa shape index (κ1) is 6.95. The van der Waals surface area contributed by atoms with Crippen LogP contribution in [0.3, 0.4) is 0 Å². The molecule has 0 radical (unpaired) electrons. The van der Waals surface area contributed by atoms with Crippen molar-refractivity contribution in [2.75, 3.05) is 7.05 Å². The van der Waals surface area contributed by atoms with Crippen molar-refractivity contribution in [3.05, 3.63) is 0 Å². The highest BCUT2D eigenvalue weighted by Gasteiger charge is 2.37. The maximum atomic E-state index is 9.16. The van der Waals surface area contributed by atoms with Gasteiger partial charge >= 0.3 is 0 Å². The van der Waals surface area contributed by atoms with Crippen molar-refractivity contribution in [2.24, 2.45) is 0 Å². The van der Waals surface area contributed by atoms with Crippen molar-refractivity contribution in [1.29, 1.82) is 0 Å². The summed E-state index contributed by atoms with van der Waals surface area (Å²) < 4.78 is 0. The van der Waals surface area contributed by atoms with E-state index in [1.165, 1.54) is 0 Å². The van der Waals surface area contributed by atoms with Gasteiger partial charge in [0.1, 0.15) is 6.17 Å². The SMILES string of the molecule is CCC(O)C1NN1NC. The fraction of sp³-hybridized carbons (Fsp3) is 1.00. The molecule has 0 amide bonds. The third-order valence-electron chi connectivity index (χ3n) is 1.51. The van der Waals surface area contributed by atoms with E-state index in [0.29, 0.717) is 0 Å². The Morgan fingerprint density at radius 3 is 2.89 bits per heavy atom. The summed E-state index contributed by atoms with van der Waals surface area (Å²) in [6, 6.07) is 0. The number of nitrogens with zero attached hydrogens (tertiary/aromatic N) is 1. The second-order valence-corrected chi connectivity index (χ2v) is 2.14. The summed E-state index contributed by atoms with van der Waals surface area (Å²) >= 11 is 0. The highest BCUT2D eigenvalue weighted by molar-refractivity contribution is 4.80. The Hall–Kier alpha value is -0.160. The number of hydrazine groups is 2. The van der Waals surface area contributed by atoms with Crippen LogP contribution in [0.5, 0.6) is 0 Å². The highest BCUT2D eigenvalue weighted by Crippen LogP contribution is 2.11. The molecular weight excluding hydrogens is 118 g/mol. The molecule has 1 aliphatic heterocycles. The van der Waals surface area contributed by atoms with E-state index in [1.54, 1.807) is 5.12 Å².